The van der Waals surface area contributed by atoms with Crippen molar-refractivity contribution in [1.82, 2.24) is 14.9 Å². The van der Waals surface area contributed by atoms with Crippen molar-refractivity contribution in [2.75, 3.05) is 6.54 Å². The summed E-state index contributed by atoms with van der Waals surface area (Å²) >= 11 is 0. The molecule has 2 amide bonds. The number of carbonyl (C=O) groups excluding carboxylic acids is 2. The van der Waals surface area contributed by atoms with Crippen molar-refractivity contribution in [2.45, 2.75) is 50.7 Å². The summed E-state index contributed by atoms with van der Waals surface area (Å²) in [5.74, 6) is -0.995. The summed E-state index contributed by atoms with van der Waals surface area (Å²) in [4.78, 5) is 29.4. The van der Waals surface area contributed by atoms with Crippen molar-refractivity contribution in [3.8, 4) is 0 Å². The Morgan fingerprint density at radius 2 is 1.42 bits per heavy atom. The van der Waals surface area contributed by atoms with Crippen LogP contribution in [-0.2, 0) is 39.1 Å². The molecule has 2 N–H and O–H groups in total. The first-order chi connectivity index (χ1) is 20.7. The van der Waals surface area contributed by atoms with Crippen molar-refractivity contribution in [3.05, 3.63) is 137 Å². The molecule has 43 heavy (non-hydrogen) atoms. The quantitative estimate of drug-likeness (QED) is 0.213. The molecule has 1 atom stereocenters. The van der Waals surface area contributed by atoms with Gasteiger partial charge in [-0.3, -0.25) is 9.59 Å². The van der Waals surface area contributed by atoms with Crippen molar-refractivity contribution >= 4 is 21.8 Å². The maximum absolute atomic E-state index is 13.9. The van der Waals surface area contributed by atoms with E-state index in [2.05, 4.69) is 10.0 Å². The second kappa shape index (κ2) is 14.7. The minimum absolute atomic E-state index is 0.0784. The summed E-state index contributed by atoms with van der Waals surface area (Å²) in [7, 11) is -3.59. The molecule has 4 aromatic carbocycles. The van der Waals surface area contributed by atoms with Crippen molar-refractivity contribution in [1.29, 1.82) is 0 Å². The summed E-state index contributed by atoms with van der Waals surface area (Å²) < 4.78 is 40.7. The number of benzene rings is 4. The van der Waals surface area contributed by atoms with Crippen LogP contribution >= 0.6 is 0 Å². The normalized spacial score (nSPS) is 12.0. The monoisotopic (exact) mass is 601 g/mol. The second-order valence-electron chi connectivity index (χ2n) is 10.3. The van der Waals surface area contributed by atoms with Crippen LogP contribution in [0.4, 0.5) is 4.39 Å². The fourth-order valence-corrected chi connectivity index (χ4v) is 5.75. The number of carbonyl (C=O) groups is 2. The molecule has 0 unspecified atom stereocenters. The van der Waals surface area contributed by atoms with Crippen molar-refractivity contribution in [2.24, 2.45) is 0 Å². The SMILES string of the molecule is CCNS(=O)(=O)c1ccc(CCC(=O)N(Cc2ccc(F)cc2)[C@@H](C(=O)NCc2ccc(C)cc2)c2ccccc2)cc1. The van der Waals surface area contributed by atoms with E-state index in [9.17, 15) is 22.4 Å². The Bertz CT molecular complexity index is 1610. The molecule has 4 rings (SSSR count). The molecule has 9 heteroatoms. The first kappa shape index (κ1) is 31.6. The molecule has 0 bridgehead atoms. The summed E-state index contributed by atoms with van der Waals surface area (Å²) in [6.07, 6.45) is 0.419. The van der Waals surface area contributed by atoms with E-state index < -0.39 is 21.9 Å². The summed E-state index contributed by atoms with van der Waals surface area (Å²) in [6, 6.07) is 28.3. The van der Waals surface area contributed by atoms with Gasteiger partial charge in [0.1, 0.15) is 11.9 Å². The predicted octanol–water partition coefficient (Wildman–Crippen LogP) is 5.45. The van der Waals surface area contributed by atoms with Gasteiger partial charge in [-0.05, 0) is 59.9 Å². The Labute approximate surface area is 252 Å². The van der Waals surface area contributed by atoms with Gasteiger partial charge < -0.3 is 10.2 Å². The van der Waals surface area contributed by atoms with E-state index >= 15 is 0 Å². The molecule has 0 saturated heterocycles. The molecule has 0 heterocycles. The maximum atomic E-state index is 13.9. The van der Waals surface area contributed by atoms with Gasteiger partial charge in [-0.1, -0.05) is 91.3 Å². The Balaban J connectivity index is 1.59. The number of sulfonamides is 1. The molecule has 4 aromatic rings. The molecule has 0 aromatic heterocycles. The molecule has 0 spiro atoms. The second-order valence-corrected chi connectivity index (χ2v) is 12.1. The lowest BCUT2D eigenvalue weighted by Crippen LogP contribution is -2.43. The molecular formula is C34H36FN3O4S. The molecule has 224 valence electrons. The fraction of sp³-hybridized carbons (Fsp3) is 0.235. The largest absolute Gasteiger partial charge is 0.350 e. The van der Waals surface area contributed by atoms with Gasteiger partial charge in [0.25, 0.3) is 0 Å². The number of aryl methyl sites for hydroxylation is 2. The molecule has 0 aliphatic rings. The molecule has 0 saturated carbocycles. The number of halogens is 1. The third-order valence-corrected chi connectivity index (χ3v) is 8.61. The molecule has 0 aliphatic carbocycles. The zero-order valence-corrected chi connectivity index (χ0v) is 25.1. The van der Waals surface area contributed by atoms with Gasteiger partial charge in [-0.25, -0.2) is 17.5 Å². The average molecular weight is 602 g/mol. The number of hydrogen-bond donors (Lipinski definition) is 2. The summed E-state index contributed by atoms with van der Waals surface area (Å²) in [6.45, 7) is 4.37. The lowest BCUT2D eigenvalue weighted by Gasteiger charge is -2.32. The first-order valence-electron chi connectivity index (χ1n) is 14.2. The van der Waals surface area contributed by atoms with Gasteiger partial charge in [-0.2, -0.15) is 0 Å². The van der Waals surface area contributed by atoms with E-state index in [0.717, 1.165) is 16.7 Å². The highest BCUT2D eigenvalue weighted by molar-refractivity contribution is 7.89. The maximum Gasteiger partial charge on any atom is 0.247 e. The van der Waals surface area contributed by atoms with Crippen LogP contribution in [0.15, 0.2) is 108 Å². The van der Waals surface area contributed by atoms with Crippen LogP contribution in [0.3, 0.4) is 0 Å². The number of hydrogen-bond acceptors (Lipinski definition) is 4. The van der Waals surface area contributed by atoms with Gasteiger partial charge in [0, 0.05) is 26.1 Å². The molecular weight excluding hydrogens is 565 g/mol. The van der Waals surface area contributed by atoms with Gasteiger partial charge in [0.2, 0.25) is 21.8 Å². The number of amides is 2. The van der Waals surface area contributed by atoms with Gasteiger partial charge in [0.15, 0.2) is 0 Å². The van der Waals surface area contributed by atoms with Crippen LogP contribution in [-0.4, -0.2) is 31.7 Å². The van der Waals surface area contributed by atoms with Gasteiger partial charge in [-0.15, -0.1) is 0 Å². The zero-order chi connectivity index (χ0) is 30.8. The Kier molecular flexibility index (Phi) is 10.8. The number of nitrogens with zero attached hydrogens (tertiary/aromatic N) is 1. The van der Waals surface area contributed by atoms with E-state index in [-0.39, 0.29) is 36.2 Å². The summed E-state index contributed by atoms with van der Waals surface area (Å²) in [5.41, 5.74) is 4.16. The minimum atomic E-state index is -3.59. The first-order valence-corrected chi connectivity index (χ1v) is 15.7. The van der Waals surface area contributed by atoms with E-state index in [1.165, 1.54) is 29.2 Å². The molecule has 0 aliphatic heterocycles. The molecule has 0 radical (unpaired) electrons. The molecule has 7 nitrogen and oxygen atoms in total. The van der Waals surface area contributed by atoms with E-state index in [4.69, 9.17) is 0 Å². The van der Waals surface area contributed by atoms with Crippen LogP contribution in [0.1, 0.15) is 47.2 Å². The predicted molar refractivity (Wildman–Crippen MR) is 165 cm³/mol. The summed E-state index contributed by atoms with van der Waals surface area (Å²) in [5, 5.41) is 3.00. The van der Waals surface area contributed by atoms with Crippen LogP contribution in [0, 0.1) is 12.7 Å². The van der Waals surface area contributed by atoms with Crippen LogP contribution in [0.25, 0.3) is 0 Å². The Morgan fingerprint density at radius 1 is 0.814 bits per heavy atom. The lowest BCUT2D eigenvalue weighted by molar-refractivity contribution is -0.141. The van der Waals surface area contributed by atoms with Gasteiger partial charge >= 0.3 is 0 Å². The third kappa shape index (κ3) is 8.83. The number of rotatable bonds is 13. The topological polar surface area (TPSA) is 95.6 Å². The highest BCUT2D eigenvalue weighted by Crippen LogP contribution is 2.26. The van der Waals surface area contributed by atoms with Crippen LogP contribution < -0.4 is 10.0 Å². The highest BCUT2D eigenvalue weighted by atomic mass is 32.2. The Morgan fingerprint density at radius 3 is 2.05 bits per heavy atom. The molecule has 0 fully saturated rings. The number of nitrogens with one attached hydrogen (secondary N) is 2. The lowest BCUT2D eigenvalue weighted by atomic mass is 10.0. The minimum Gasteiger partial charge on any atom is -0.350 e. The van der Waals surface area contributed by atoms with E-state index in [0.29, 0.717) is 24.1 Å². The van der Waals surface area contributed by atoms with Crippen molar-refractivity contribution in [3.63, 3.8) is 0 Å². The Hall–Kier alpha value is -4.34. The fourth-order valence-electron chi connectivity index (χ4n) is 4.71. The van der Waals surface area contributed by atoms with E-state index in [1.807, 2.05) is 61.5 Å². The average Bonchev–Trinajstić information content (AvgIpc) is 3.01. The standard InChI is InChI=1S/C34H36FN3O4S/c1-3-37-43(41,42)31-20-15-26(16-21-31)17-22-32(39)38(24-28-13-18-30(35)19-14-28)33(29-7-5-4-6-8-29)34(40)36-23-27-11-9-25(2)10-12-27/h4-16,18-21,33,37H,3,17,22-24H2,1-2H3,(H,36,40)/t33-/m1/s1. The third-order valence-electron chi connectivity index (χ3n) is 7.04. The smallest absolute Gasteiger partial charge is 0.247 e. The van der Waals surface area contributed by atoms with Gasteiger partial charge in [0.05, 0.1) is 4.90 Å². The zero-order valence-electron chi connectivity index (χ0n) is 24.3. The van der Waals surface area contributed by atoms with Crippen LogP contribution in [0.5, 0.6) is 0 Å². The van der Waals surface area contributed by atoms with Crippen molar-refractivity contribution < 1.29 is 22.4 Å². The van der Waals surface area contributed by atoms with Crippen LogP contribution in [0.2, 0.25) is 0 Å². The van der Waals surface area contributed by atoms with E-state index in [1.54, 1.807) is 31.2 Å². The highest BCUT2D eigenvalue weighted by Gasteiger charge is 2.31.